The van der Waals surface area contributed by atoms with Crippen molar-refractivity contribution in [2.45, 2.75) is 13.5 Å². The predicted octanol–water partition coefficient (Wildman–Crippen LogP) is 4.18. The van der Waals surface area contributed by atoms with Crippen molar-refractivity contribution in [2.24, 2.45) is 0 Å². The molecule has 2 N–H and O–H groups in total. The van der Waals surface area contributed by atoms with Crippen LogP contribution in [-0.2, 0) is 16.1 Å². The van der Waals surface area contributed by atoms with Gasteiger partial charge in [0.25, 0.3) is 11.8 Å². The van der Waals surface area contributed by atoms with Crippen LogP contribution in [0.4, 0.5) is 10.5 Å². The average molecular weight is 479 g/mol. The highest BCUT2D eigenvalue weighted by Gasteiger charge is 2.10. The molecular formula is C26H26N2O7. The van der Waals surface area contributed by atoms with Crippen LogP contribution in [0.25, 0.3) is 0 Å². The molecule has 35 heavy (non-hydrogen) atoms. The monoisotopic (exact) mass is 478 g/mol. The van der Waals surface area contributed by atoms with E-state index in [1.807, 2.05) is 6.07 Å². The lowest BCUT2D eigenvalue weighted by Gasteiger charge is -2.11. The molecule has 0 bridgehead atoms. The van der Waals surface area contributed by atoms with Gasteiger partial charge in [-0.05, 0) is 61.0 Å². The Morgan fingerprint density at radius 3 is 2.20 bits per heavy atom. The number of nitrogens with one attached hydrogen (secondary N) is 2. The predicted molar refractivity (Wildman–Crippen MR) is 129 cm³/mol. The van der Waals surface area contributed by atoms with Gasteiger partial charge in [0.15, 0.2) is 18.1 Å². The highest BCUT2D eigenvalue weighted by atomic mass is 16.7. The second kappa shape index (κ2) is 12.6. The summed E-state index contributed by atoms with van der Waals surface area (Å²) in [6, 6.07) is 20.3. The van der Waals surface area contributed by atoms with Gasteiger partial charge in [-0.1, -0.05) is 24.3 Å². The number of methoxy groups -OCH3 is 1. The lowest BCUT2D eigenvalue weighted by Crippen LogP contribution is -2.23. The summed E-state index contributed by atoms with van der Waals surface area (Å²) in [6.07, 6.45) is -0.798. The Kier molecular flexibility index (Phi) is 9.07. The molecule has 0 saturated carbocycles. The molecule has 0 aliphatic heterocycles. The van der Waals surface area contributed by atoms with Crippen LogP contribution in [0.3, 0.4) is 0 Å². The van der Waals surface area contributed by atoms with Crippen LogP contribution in [0.2, 0.25) is 0 Å². The minimum atomic E-state index is -0.798. The van der Waals surface area contributed by atoms with Crippen molar-refractivity contribution in [2.75, 3.05) is 25.6 Å². The van der Waals surface area contributed by atoms with Gasteiger partial charge in [-0.2, -0.15) is 0 Å². The van der Waals surface area contributed by atoms with Crippen molar-refractivity contribution in [3.05, 3.63) is 83.9 Å². The quantitative estimate of drug-likeness (QED) is 0.332. The number of benzene rings is 3. The highest BCUT2D eigenvalue weighted by Crippen LogP contribution is 2.25. The molecule has 0 unspecified atom stereocenters. The molecule has 0 aromatic heterocycles. The fraction of sp³-hybridized carbons (Fsp3) is 0.192. The van der Waals surface area contributed by atoms with Gasteiger partial charge in [-0.25, -0.2) is 4.79 Å². The number of carbonyl (C=O) groups is 3. The zero-order chi connectivity index (χ0) is 25.0. The van der Waals surface area contributed by atoms with Crippen molar-refractivity contribution in [1.82, 2.24) is 5.32 Å². The Morgan fingerprint density at radius 2 is 1.54 bits per heavy atom. The van der Waals surface area contributed by atoms with Crippen LogP contribution in [0, 0.1) is 0 Å². The Hall–Kier alpha value is -4.53. The van der Waals surface area contributed by atoms with E-state index < -0.39 is 6.16 Å². The normalized spacial score (nSPS) is 10.1. The molecule has 3 aromatic rings. The topological polar surface area (TPSA) is 112 Å². The third kappa shape index (κ3) is 7.78. The lowest BCUT2D eigenvalue weighted by atomic mass is 10.1. The van der Waals surface area contributed by atoms with E-state index in [1.165, 1.54) is 19.2 Å². The molecular weight excluding hydrogens is 452 g/mol. The van der Waals surface area contributed by atoms with Crippen LogP contribution in [0.5, 0.6) is 17.2 Å². The second-order valence-corrected chi connectivity index (χ2v) is 7.18. The second-order valence-electron chi connectivity index (χ2n) is 7.18. The smallest absolute Gasteiger partial charge is 0.493 e. The van der Waals surface area contributed by atoms with Gasteiger partial charge in [0.2, 0.25) is 0 Å². The number of hydrogen-bond donors (Lipinski definition) is 2. The lowest BCUT2D eigenvalue weighted by molar-refractivity contribution is -0.118. The van der Waals surface area contributed by atoms with Crippen molar-refractivity contribution in [3.8, 4) is 17.2 Å². The van der Waals surface area contributed by atoms with Crippen molar-refractivity contribution < 1.29 is 33.3 Å². The molecule has 0 radical (unpaired) electrons. The molecule has 0 spiro atoms. The maximum absolute atomic E-state index is 12.4. The van der Waals surface area contributed by atoms with Crippen LogP contribution in [0.1, 0.15) is 22.8 Å². The van der Waals surface area contributed by atoms with Gasteiger partial charge < -0.3 is 29.6 Å². The zero-order valence-corrected chi connectivity index (χ0v) is 19.4. The molecule has 0 aliphatic rings. The SMILES string of the molecule is CCOC(=O)Oc1ccc(C(=O)NCc2ccc(NC(=O)COc3ccccc3OC)cc2)cc1. The molecule has 9 nitrogen and oxygen atoms in total. The van der Waals surface area contributed by atoms with E-state index in [0.717, 1.165) is 5.56 Å². The first-order valence-corrected chi connectivity index (χ1v) is 10.9. The molecule has 0 aliphatic carbocycles. The van der Waals surface area contributed by atoms with Gasteiger partial charge in [-0.3, -0.25) is 9.59 Å². The summed E-state index contributed by atoms with van der Waals surface area (Å²) in [5.74, 6) is 0.724. The highest BCUT2D eigenvalue weighted by molar-refractivity contribution is 5.94. The van der Waals surface area contributed by atoms with Gasteiger partial charge >= 0.3 is 6.16 Å². The van der Waals surface area contributed by atoms with E-state index in [1.54, 1.807) is 61.5 Å². The molecule has 2 amide bonds. The number of rotatable bonds is 10. The van der Waals surface area contributed by atoms with Crippen LogP contribution in [-0.4, -0.2) is 38.3 Å². The number of amides is 2. The minimum absolute atomic E-state index is 0.165. The van der Waals surface area contributed by atoms with Crippen molar-refractivity contribution in [3.63, 3.8) is 0 Å². The van der Waals surface area contributed by atoms with Crippen LogP contribution in [0.15, 0.2) is 72.8 Å². The molecule has 0 fully saturated rings. The van der Waals surface area contributed by atoms with Crippen molar-refractivity contribution >= 4 is 23.7 Å². The van der Waals surface area contributed by atoms with E-state index in [2.05, 4.69) is 10.6 Å². The van der Waals surface area contributed by atoms with Gasteiger partial charge in [0, 0.05) is 17.8 Å². The van der Waals surface area contributed by atoms with E-state index >= 15 is 0 Å². The number of anilines is 1. The molecule has 0 atom stereocenters. The average Bonchev–Trinajstić information content (AvgIpc) is 2.87. The standard InChI is InChI=1S/C26H26N2O7/c1-3-33-26(31)35-21-14-10-19(11-15-21)25(30)27-16-18-8-12-20(13-9-18)28-24(29)17-34-23-7-5-4-6-22(23)32-2/h4-15H,3,16-17H2,1-2H3,(H,27,30)(H,28,29). The zero-order valence-electron chi connectivity index (χ0n) is 19.4. The fourth-order valence-electron chi connectivity index (χ4n) is 2.99. The van der Waals surface area contributed by atoms with E-state index in [0.29, 0.717) is 29.3 Å². The summed E-state index contributed by atoms with van der Waals surface area (Å²) in [5.41, 5.74) is 1.87. The minimum Gasteiger partial charge on any atom is -0.493 e. The molecule has 9 heteroatoms. The summed E-state index contributed by atoms with van der Waals surface area (Å²) in [7, 11) is 1.53. The van der Waals surface area contributed by atoms with E-state index in [9.17, 15) is 14.4 Å². The van der Waals surface area contributed by atoms with Gasteiger partial charge in [0.05, 0.1) is 13.7 Å². The number of hydrogen-bond acceptors (Lipinski definition) is 7. The summed E-state index contributed by atoms with van der Waals surface area (Å²) in [4.78, 5) is 35.9. The Balaban J connectivity index is 1.44. The van der Waals surface area contributed by atoms with Crippen molar-refractivity contribution in [1.29, 1.82) is 0 Å². The number of para-hydroxylation sites is 2. The Bertz CT molecular complexity index is 1150. The maximum Gasteiger partial charge on any atom is 0.513 e. The molecule has 182 valence electrons. The summed E-state index contributed by atoms with van der Waals surface area (Å²) in [6.45, 7) is 2.02. The first-order chi connectivity index (χ1) is 17.0. The summed E-state index contributed by atoms with van der Waals surface area (Å²) in [5, 5.41) is 5.57. The summed E-state index contributed by atoms with van der Waals surface area (Å²) < 4.78 is 20.4. The molecule has 0 heterocycles. The van der Waals surface area contributed by atoms with Gasteiger partial charge in [0.1, 0.15) is 5.75 Å². The Labute approximate surface area is 203 Å². The third-order valence-corrected chi connectivity index (χ3v) is 4.70. The first-order valence-electron chi connectivity index (χ1n) is 10.9. The first kappa shape index (κ1) is 25.1. The molecule has 3 aromatic carbocycles. The maximum atomic E-state index is 12.4. The molecule has 3 rings (SSSR count). The van der Waals surface area contributed by atoms with Crippen LogP contribution >= 0.6 is 0 Å². The third-order valence-electron chi connectivity index (χ3n) is 4.70. The largest absolute Gasteiger partial charge is 0.513 e. The fourth-order valence-corrected chi connectivity index (χ4v) is 2.99. The number of carbonyl (C=O) groups excluding carboxylic acids is 3. The summed E-state index contributed by atoms with van der Waals surface area (Å²) >= 11 is 0. The number of ether oxygens (including phenoxy) is 4. The van der Waals surface area contributed by atoms with Gasteiger partial charge in [-0.15, -0.1) is 0 Å². The van der Waals surface area contributed by atoms with E-state index in [4.69, 9.17) is 18.9 Å². The molecule has 0 saturated heterocycles. The van der Waals surface area contributed by atoms with E-state index in [-0.39, 0.29) is 30.8 Å². The van der Waals surface area contributed by atoms with Crippen LogP contribution < -0.4 is 24.8 Å². The Morgan fingerprint density at radius 1 is 0.857 bits per heavy atom.